The van der Waals surface area contributed by atoms with Crippen LogP contribution in [0.5, 0.6) is 5.75 Å². The fourth-order valence-electron chi connectivity index (χ4n) is 2.77. The highest BCUT2D eigenvalue weighted by atomic mass is 35.5. The number of phenolic OH excluding ortho intramolecular Hbond substituents is 1. The molecule has 0 aliphatic carbocycles. The van der Waals surface area contributed by atoms with E-state index >= 15 is 0 Å². The van der Waals surface area contributed by atoms with Gasteiger partial charge in [-0.25, -0.2) is 0 Å². The molecule has 0 saturated carbocycles. The summed E-state index contributed by atoms with van der Waals surface area (Å²) in [5, 5.41) is 10.7. The third kappa shape index (κ3) is 3.22. The van der Waals surface area contributed by atoms with Crippen LogP contribution in [0, 0.1) is 5.92 Å². The molecule has 3 nitrogen and oxygen atoms in total. The summed E-state index contributed by atoms with van der Waals surface area (Å²) in [5.74, 6) is 0.894. The van der Waals surface area contributed by atoms with Gasteiger partial charge in [0.2, 0.25) is 0 Å². The molecule has 1 saturated heterocycles. The SMILES string of the molecule is COC1CN(C(C)c2cc(Cl)ccc2O)CCC1C. The van der Waals surface area contributed by atoms with Gasteiger partial charge in [-0.3, -0.25) is 4.90 Å². The quantitative estimate of drug-likeness (QED) is 0.922. The van der Waals surface area contributed by atoms with E-state index in [9.17, 15) is 5.11 Å². The van der Waals surface area contributed by atoms with Crippen LogP contribution in [0.4, 0.5) is 0 Å². The van der Waals surface area contributed by atoms with Gasteiger partial charge in [0.25, 0.3) is 0 Å². The van der Waals surface area contributed by atoms with Crippen molar-refractivity contribution < 1.29 is 9.84 Å². The number of piperidine rings is 1. The van der Waals surface area contributed by atoms with Gasteiger partial charge in [-0.1, -0.05) is 18.5 Å². The number of halogens is 1. The summed E-state index contributed by atoms with van der Waals surface area (Å²) < 4.78 is 5.54. The molecule has 1 N–H and O–H groups in total. The Hall–Kier alpha value is -0.770. The highest BCUT2D eigenvalue weighted by Crippen LogP contribution is 2.33. The number of ether oxygens (including phenoxy) is 1. The van der Waals surface area contributed by atoms with Gasteiger partial charge < -0.3 is 9.84 Å². The van der Waals surface area contributed by atoms with Crippen molar-refractivity contribution in [3.05, 3.63) is 28.8 Å². The third-order valence-electron chi connectivity index (χ3n) is 4.21. The van der Waals surface area contributed by atoms with Crippen molar-refractivity contribution in [2.45, 2.75) is 32.4 Å². The molecule has 0 aromatic heterocycles. The minimum atomic E-state index is 0.142. The molecule has 1 heterocycles. The largest absolute Gasteiger partial charge is 0.508 e. The summed E-state index contributed by atoms with van der Waals surface area (Å²) in [5.41, 5.74) is 0.886. The van der Waals surface area contributed by atoms with E-state index < -0.39 is 0 Å². The van der Waals surface area contributed by atoms with E-state index in [1.807, 2.05) is 6.07 Å². The second kappa shape index (κ2) is 6.12. The smallest absolute Gasteiger partial charge is 0.120 e. The Kier molecular flexibility index (Phi) is 4.71. The van der Waals surface area contributed by atoms with E-state index in [1.54, 1.807) is 19.2 Å². The molecule has 0 bridgehead atoms. The molecule has 1 aliphatic heterocycles. The first kappa shape index (κ1) is 14.6. The molecule has 0 spiro atoms. The third-order valence-corrected chi connectivity index (χ3v) is 4.45. The lowest BCUT2D eigenvalue weighted by atomic mass is 9.93. The molecular weight excluding hydrogens is 262 g/mol. The minimum Gasteiger partial charge on any atom is -0.508 e. The lowest BCUT2D eigenvalue weighted by Gasteiger charge is -2.39. The Labute approximate surface area is 120 Å². The van der Waals surface area contributed by atoms with Gasteiger partial charge in [-0.15, -0.1) is 0 Å². The molecule has 1 aromatic carbocycles. The summed E-state index contributed by atoms with van der Waals surface area (Å²) in [6.07, 6.45) is 1.38. The van der Waals surface area contributed by atoms with Crippen molar-refractivity contribution in [1.82, 2.24) is 4.90 Å². The molecule has 106 valence electrons. The minimum absolute atomic E-state index is 0.142. The summed E-state index contributed by atoms with van der Waals surface area (Å²) in [7, 11) is 1.77. The Morgan fingerprint density at radius 1 is 1.47 bits per heavy atom. The molecule has 3 unspecified atom stereocenters. The number of phenols is 1. The maximum absolute atomic E-state index is 9.99. The first-order chi connectivity index (χ1) is 9.02. The van der Waals surface area contributed by atoms with Crippen LogP contribution in [0.2, 0.25) is 5.02 Å². The van der Waals surface area contributed by atoms with Gasteiger partial charge >= 0.3 is 0 Å². The van der Waals surface area contributed by atoms with Crippen LogP contribution in [-0.4, -0.2) is 36.3 Å². The number of rotatable bonds is 3. The fourth-order valence-corrected chi connectivity index (χ4v) is 2.95. The van der Waals surface area contributed by atoms with Crippen molar-refractivity contribution in [3.8, 4) is 5.75 Å². The normalized spacial score (nSPS) is 26.3. The van der Waals surface area contributed by atoms with Crippen molar-refractivity contribution >= 4 is 11.6 Å². The van der Waals surface area contributed by atoms with Gasteiger partial charge in [0.05, 0.1) is 6.10 Å². The van der Waals surface area contributed by atoms with Crippen LogP contribution in [0.1, 0.15) is 31.9 Å². The number of aromatic hydroxyl groups is 1. The number of hydrogen-bond donors (Lipinski definition) is 1. The van der Waals surface area contributed by atoms with Gasteiger partial charge in [-0.2, -0.15) is 0 Å². The van der Waals surface area contributed by atoms with E-state index in [0.717, 1.165) is 25.1 Å². The molecule has 0 radical (unpaired) electrons. The highest BCUT2D eigenvalue weighted by molar-refractivity contribution is 6.30. The Morgan fingerprint density at radius 2 is 2.21 bits per heavy atom. The van der Waals surface area contributed by atoms with Crippen molar-refractivity contribution in [2.75, 3.05) is 20.2 Å². The molecule has 1 aromatic rings. The van der Waals surface area contributed by atoms with Crippen LogP contribution in [-0.2, 0) is 4.74 Å². The summed E-state index contributed by atoms with van der Waals surface area (Å²) in [4.78, 5) is 2.35. The molecule has 1 fully saturated rings. The fraction of sp³-hybridized carbons (Fsp3) is 0.600. The number of likely N-dealkylation sites (tertiary alicyclic amines) is 1. The maximum Gasteiger partial charge on any atom is 0.120 e. The zero-order valence-electron chi connectivity index (χ0n) is 11.8. The average molecular weight is 284 g/mol. The Morgan fingerprint density at radius 3 is 2.89 bits per heavy atom. The van der Waals surface area contributed by atoms with Crippen molar-refractivity contribution in [2.24, 2.45) is 5.92 Å². The Balaban J connectivity index is 2.15. The van der Waals surface area contributed by atoms with E-state index in [-0.39, 0.29) is 12.1 Å². The maximum atomic E-state index is 9.99. The number of hydrogen-bond acceptors (Lipinski definition) is 3. The Bertz CT molecular complexity index is 438. The summed E-state index contributed by atoms with van der Waals surface area (Å²) in [6.45, 7) is 6.25. The van der Waals surface area contributed by atoms with Gasteiger partial charge in [0.1, 0.15) is 5.75 Å². The number of benzene rings is 1. The van der Waals surface area contributed by atoms with E-state index in [2.05, 4.69) is 18.7 Å². The van der Waals surface area contributed by atoms with Crippen LogP contribution >= 0.6 is 11.6 Å². The molecule has 2 rings (SSSR count). The molecular formula is C15H22ClNO2. The second-order valence-corrected chi connectivity index (χ2v) is 5.85. The summed E-state index contributed by atoms with van der Waals surface area (Å²) in [6, 6.07) is 5.36. The predicted molar refractivity (Wildman–Crippen MR) is 77.7 cm³/mol. The highest BCUT2D eigenvalue weighted by Gasteiger charge is 2.29. The van der Waals surface area contributed by atoms with Gasteiger partial charge in [-0.05, 0) is 44.0 Å². The number of methoxy groups -OCH3 is 1. The number of nitrogens with zero attached hydrogens (tertiary/aromatic N) is 1. The van der Waals surface area contributed by atoms with Crippen molar-refractivity contribution in [1.29, 1.82) is 0 Å². The van der Waals surface area contributed by atoms with Gasteiger partial charge in [0.15, 0.2) is 0 Å². The van der Waals surface area contributed by atoms with Gasteiger partial charge in [0, 0.05) is 30.3 Å². The van der Waals surface area contributed by atoms with Crippen molar-refractivity contribution in [3.63, 3.8) is 0 Å². The van der Waals surface area contributed by atoms with Crippen LogP contribution < -0.4 is 0 Å². The zero-order chi connectivity index (χ0) is 14.0. The lowest BCUT2D eigenvalue weighted by Crippen LogP contribution is -2.44. The zero-order valence-corrected chi connectivity index (χ0v) is 12.5. The summed E-state index contributed by atoms with van der Waals surface area (Å²) >= 11 is 6.02. The van der Waals surface area contributed by atoms with E-state index in [4.69, 9.17) is 16.3 Å². The predicted octanol–water partition coefficient (Wildman–Crippen LogP) is 3.46. The topological polar surface area (TPSA) is 32.7 Å². The van der Waals surface area contributed by atoms with Crippen LogP contribution in [0.15, 0.2) is 18.2 Å². The second-order valence-electron chi connectivity index (χ2n) is 5.41. The molecule has 3 atom stereocenters. The molecule has 19 heavy (non-hydrogen) atoms. The monoisotopic (exact) mass is 283 g/mol. The van der Waals surface area contributed by atoms with Crippen LogP contribution in [0.3, 0.4) is 0 Å². The van der Waals surface area contributed by atoms with E-state index in [0.29, 0.717) is 16.7 Å². The first-order valence-corrected chi connectivity index (χ1v) is 7.16. The van der Waals surface area contributed by atoms with Crippen LogP contribution in [0.25, 0.3) is 0 Å². The molecule has 4 heteroatoms. The lowest BCUT2D eigenvalue weighted by molar-refractivity contribution is -0.0173. The average Bonchev–Trinajstić information content (AvgIpc) is 2.41. The van der Waals surface area contributed by atoms with E-state index in [1.165, 1.54) is 0 Å². The molecule has 1 aliphatic rings. The molecule has 0 amide bonds. The standard InChI is InChI=1S/C15H22ClNO2/c1-10-6-7-17(9-15(10)19-3)11(2)13-8-12(16)4-5-14(13)18/h4-5,8,10-11,15,18H,6-7,9H2,1-3H3. The first-order valence-electron chi connectivity index (χ1n) is 6.78.